The number of fused-ring (bicyclic) bond motifs is 1. The summed E-state index contributed by atoms with van der Waals surface area (Å²) in [4.78, 5) is 22.9. The van der Waals surface area contributed by atoms with Crippen LogP contribution in [0.3, 0.4) is 0 Å². The van der Waals surface area contributed by atoms with E-state index in [0.29, 0.717) is 5.56 Å². The molecule has 0 aliphatic heterocycles. The van der Waals surface area contributed by atoms with Gasteiger partial charge in [-0.05, 0) is 61.8 Å². The van der Waals surface area contributed by atoms with Crippen molar-refractivity contribution in [2.24, 2.45) is 5.92 Å². The highest BCUT2D eigenvalue weighted by molar-refractivity contribution is 7.79. The molecule has 2 rings (SSSR count). The number of hydrogen-bond donors (Lipinski definition) is 1. The molecule has 0 heterocycles. The first kappa shape index (κ1) is 23.0. The number of hydrogen-bond acceptors (Lipinski definition) is 4. The topological polar surface area (TPSA) is 116 Å². The lowest BCUT2D eigenvalue weighted by Crippen LogP contribution is -2.26. The molecule has 7 heteroatoms. The number of aryl methyl sites for hydroxylation is 1. The van der Waals surface area contributed by atoms with E-state index in [4.69, 9.17) is 17.5 Å². The third-order valence-electron chi connectivity index (χ3n) is 4.26. The molecule has 1 aromatic rings. The molecular formula is C20H26O6S. The van der Waals surface area contributed by atoms with Gasteiger partial charge in [0.2, 0.25) is 10.4 Å². The maximum absolute atomic E-state index is 12.7. The molecule has 6 nitrogen and oxygen atoms in total. The number of rotatable bonds is 5. The number of benzene rings is 1. The average molecular weight is 394 g/mol. The summed E-state index contributed by atoms with van der Waals surface area (Å²) in [5.74, 6) is -0.185. The van der Waals surface area contributed by atoms with Crippen LogP contribution in [0.1, 0.15) is 60.7 Å². The van der Waals surface area contributed by atoms with Crippen molar-refractivity contribution in [1.29, 1.82) is 0 Å². The van der Waals surface area contributed by atoms with Gasteiger partial charge in [-0.3, -0.25) is 14.1 Å². The fraction of sp³-hybridized carbons (Fsp3) is 0.400. The van der Waals surface area contributed by atoms with E-state index in [1.807, 2.05) is 39.8 Å². The van der Waals surface area contributed by atoms with Crippen LogP contribution in [0.25, 0.3) is 6.08 Å². The van der Waals surface area contributed by atoms with E-state index in [1.165, 1.54) is 0 Å². The van der Waals surface area contributed by atoms with Crippen LogP contribution in [0.5, 0.6) is 0 Å². The van der Waals surface area contributed by atoms with Crippen LogP contribution >= 0.6 is 0 Å². The van der Waals surface area contributed by atoms with Crippen LogP contribution in [-0.4, -0.2) is 33.9 Å². The summed E-state index contributed by atoms with van der Waals surface area (Å²) in [6.45, 7) is 12.0. The number of carbonyl (C=O) groups excluding carboxylic acids is 2. The van der Waals surface area contributed by atoms with Crippen LogP contribution in [0.15, 0.2) is 29.9 Å². The third kappa shape index (κ3) is 6.86. The lowest BCUT2D eigenvalue weighted by atomic mass is 9.81. The molecule has 0 spiro atoms. The number of allylic oxidation sites excluding steroid dienone is 2. The largest absolute Gasteiger partial charge is 0.726 e. The number of ketones is 2. The van der Waals surface area contributed by atoms with E-state index < -0.39 is 10.4 Å². The van der Waals surface area contributed by atoms with E-state index in [2.05, 4.69) is 12.6 Å². The summed E-state index contributed by atoms with van der Waals surface area (Å²) < 4.78 is 32.8. The molecule has 0 radical (unpaired) electrons. The second-order valence-corrected chi connectivity index (χ2v) is 7.85. The van der Waals surface area contributed by atoms with Crippen molar-refractivity contribution in [2.75, 3.05) is 0 Å². The maximum atomic E-state index is 12.7. The van der Waals surface area contributed by atoms with Crippen molar-refractivity contribution < 1.29 is 27.1 Å². The molecule has 148 valence electrons. The van der Waals surface area contributed by atoms with E-state index in [-0.39, 0.29) is 17.5 Å². The first-order valence-electron chi connectivity index (χ1n) is 8.60. The summed E-state index contributed by atoms with van der Waals surface area (Å²) in [7, 11) is -4.92. The molecule has 0 unspecified atom stereocenters. The fourth-order valence-corrected chi connectivity index (χ4v) is 2.97. The first-order valence-corrected chi connectivity index (χ1v) is 9.97. The Bertz CT molecular complexity index is 883. The highest BCUT2D eigenvalue weighted by Gasteiger charge is 2.36. The van der Waals surface area contributed by atoms with Gasteiger partial charge in [-0.25, -0.2) is 8.42 Å². The van der Waals surface area contributed by atoms with Crippen LogP contribution < -0.4 is 0 Å². The standard InChI is InChI=1S/C20H24O2.H2O4S/c1-12(2)7-6-8-16-14(5)9-10-15-11-17(13(3)4)19(21)20(22)18(15)16;1-5(2,3)4/h9-11,13H,1,6-8H2,2-5H3;(H2,1,2,3,4). The first-order chi connectivity index (χ1) is 12.3. The Kier molecular flexibility index (Phi) is 7.83. The molecule has 1 aliphatic rings. The third-order valence-corrected chi connectivity index (χ3v) is 4.26. The van der Waals surface area contributed by atoms with Crippen LogP contribution in [0.2, 0.25) is 0 Å². The second kappa shape index (κ2) is 9.21. The highest BCUT2D eigenvalue weighted by atomic mass is 32.3. The molecule has 0 fully saturated rings. The van der Waals surface area contributed by atoms with Gasteiger partial charge in [0, 0.05) is 5.56 Å². The van der Waals surface area contributed by atoms with Gasteiger partial charge < -0.3 is 4.55 Å². The Morgan fingerprint density at radius 1 is 1.33 bits per heavy atom. The van der Waals surface area contributed by atoms with Gasteiger partial charge >= 0.3 is 5.78 Å². The van der Waals surface area contributed by atoms with Gasteiger partial charge in [-0.15, -0.1) is 6.58 Å². The number of carbonyl (C=O) groups is 1. The minimum atomic E-state index is -4.92. The van der Waals surface area contributed by atoms with Crippen molar-refractivity contribution in [3.8, 4) is 0 Å². The Labute approximate surface area is 160 Å². The Morgan fingerprint density at radius 2 is 1.89 bits per heavy atom. The molecule has 0 bridgehead atoms. The van der Waals surface area contributed by atoms with Crippen molar-refractivity contribution in [1.82, 2.24) is 0 Å². The van der Waals surface area contributed by atoms with E-state index >= 15 is 0 Å². The smallest absolute Gasteiger partial charge is 0.390 e. The summed E-state index contributed by atoms with van der Waals surface area (Å²) in [5.41, 5.74) is 5.68. The molecular weight excluding hydrogens is 368 g/mol. The van der Waals surface area contributed by atoms with Gasteiger partial charge in [-0.2, -0.15) is 0 Å². The molecule has 1 aliphatic carbocycles. The maximum Gasteiger partial charge on any atom is 0.390 e. The zero-order valence-corrected chi connectivity index (χ0v) is 16.9. The lowest BCUT2D eigenvalue weighted by molar-refractivity contribution is 0.105. The van der Waals surface area contributed by atoms with Crippen molar-refractivity contribution in [3.63, 3.8) is 0 Å². The summed E-state index contributed by atoms with van der Waals surface area (Å²) >= 11 is 0. The summed E-state index contributed by atoms with van der Waals surface area (Å²) in [6, 6.07) is 4.05. The molecule has 0 saturated heterocycles. The molecule has 0 amide bonds. The highest BCUT2D eigenvalue weighted by Crippen LogP contribution is 2.30. The molecule has 0 atom stereocenters. The molecule has 0 saturated carbocycles. The Balaban J connectivity index is 0.000000646. The predicted molar refractivity (Wildman–Crippen MR) is 105 cm³/mol. The molecule has 2 N–H and O–H groups in total. The Morgan fingerprint density at radius 3 is 2.37 bits per heavy atom. The Hall–Kier alpha value is -2.09. The molecule has 0 aromatic heterocycles. The van der Waals surface area contributed by atoms with Gasteiger partial charge in [0.25, 0.3) is 5.78 Å². The average Bonchev–Trinajstić information content (AvgIpc) is 2.50. The van der Waals surface area contributed by atoms with Crippen LogP contribution in [0, 0.1) is 12.8 Å². The van der Waals surface area contributed by atoms with Gasteiger partial charge in [0.15, 0.2) is 0 Å². The predicted octanol–water partition coefficient (Wildman–Crippen LogP) is 3.68. The van der Waals surface area contributed by atoms with E-state index in [0.717, 1.165) is 47.1 Å². The SMILES string of the molecule is C=C(C)CCCc1c(C)ccc2c1C(=O)C(=[OH+])C(C(C)C)=C2.O=S(=O)([O-])O. The van der Waals surface area contributed by atoms with Gasteiger partial charge in [0.05, 0.1) is 5.57 Å². The van der Waals surface area contributed by atoms with Gasteiger partial charge in [-0.1, -0.05) is 31.6 Å². The zero-order valence-electron chi connectivity index (χ0n) is 16.1. The minimum Gasteiger partial charge on any atom is -0.726 e. The number of Topliss-reactive ketones (excluding diaryl/α,β-unsaturated/α-hetero) is 1. The van der Waals surface area contributed by atoms with E-state index in [9.17, 15) is 9.59 Å². The normalized spacial score (nSPS) is 13.7. The van der Waals surface area contributed by atoms with Crippen molar-refractivity contribution in [3.05, 3.63) is 52.1 Å². The monoisotopic (exact) mass is 394 g/mol. The lowest BCUT2D eigenvalue weighted by Gasteiger charge is -2.18. The second-order valence-electron chi connectivity index (χ2n) is 7.00. The van der Waals surface area contributed by atoms with Crippen molar-refractivity contribution >= 4 is 28.0 Å². The zero-order chi connectivity index (χ0) is 20.9. The van der Waals surface area contributed by atoms with E-state index in [1.54, 1.807) is 0 Å². The summed E-state index contributed by atoms with van der Waals surface area (Å²) in [5, 5.41) is 0. The quantitative estimate of drug-likeness (QED) is 0.269. The van der Waals surface area contributed by atoms with Crippen LogP contribution in [0.4, 0.5) is 0 Å². The minimum absolute atomic E-state index is 0.0887. The summed E-state index contributed by atoms with van der Waals surface area (Å²) in [6.07, 6.45) is 4.73. The molecule has 1 aromatic carbocycles. The fourth-order valence-electron chi connectivity index (χ4n) is 2.97. The van der Waals surface area contributed by atoms with Gasteiger partial charge in [0.1, 0.15) is 0 Å². The van der Waals surface area contributed by atoms with Crippen molar-refractivity contribution in [2.45, 2.75) is 47.0 Å². The molecule has 27 heavy (non-hydrogen) atoms. The van der Waals surface area contributed by atoms with Crippen LogP contribution in [-0.2, 0) is 16.8 Å².